The molecule has 0 atom stereocenters. The number of hydrogen-bond donors (Lipinski definition) is 0. The van der Waals surface area contributed by atoms with Gasteiger partial charge in [0.25, 0.3) is 0 Å². The van der Waals surface area contributed by atoms with Gasteiger partial charge in [-0.15, -0.1) is 0 Å². The molecule has 0 fully saturated rings. The fraction of sp³-hybridized carbons (Fsp3) is 0.417. The maximum Gasteiger partial charge on any atom is 0.419 e. The van der Waals surface area contributed by atoms with Gasteiger partial charge in [-0.25, -0.2) is 4.79 Å². The van der Waals surface area contributed by atoms with E-state index < -0.39 is 0 Å². The zero-order chi connectivity index (χ0) is 11.1. The highest BCUT2D eigenvalue weighted by Crippen LogP contribution is 2.16. The van der Waals surface area contributed by atoms with Crippen LogP contribution in [0.15, 0.2) is 30.3 Å². The van der Waals surface area contributed by atoms with Crippen molar-refractivity contribution in [1.29, 1.82) is 0 Å². The summed E-state index contributed by atoms with van der Waals surface area (Å²) in [7, 11) is 0. The molecule has 0 saturated heterocycles. The Morgan fingerprint density at radius 2 is 1.93 bits per heavy atom. The van der Waals surface area contributed by atoms with Gasteiger partial charge in [0.2, 0.25) is 0 Å². The second kappa shape index (κ2) is 5.51. The molecular formula is C12H15O3. The first-order chi connectivity index (χ1) is 7.14. The number of benzene rings is 1. The van der Waals surface area contributed by atoms with E-state index in [2.05, 4.69) is 4.74 Å². The van der Waals surface area contributed by atoms with Gasteiger partial charge in [0, 0.05) is 6.42 Å². The second-order valence-corrected chi connectivity index (χ2v) is 3.91. The number of carbonyl (C=O) groups excluding carboxylic acids is 1. The lowest BCUT2D eigenvalue weighted by Crippen LogP contribution is -2.28. The van der Waals surface area contributed by atoms with Gasteiger partial charge < -0.3 is 9.47 Å². The molecule has 0 N–H and O–H groups in total. The van der Waals surface area contributed by atoms with Crippen LogP contribution in [-0.2, 0) is 20.7 Å². The van der Waals surface area contributed by atoms with E-state index in [1.54, 1.807) is 0 Å². The van der Waals surface area contributed by atoms with E-state index in [4.69, 9.17) is 4.74 Å². The second-order valence-electron chi connectivity index (χ2n) is 3.91. The first-order valence-corrected chi connectivity index (χ1v) is 4.81. The smallest absolute Gasteiger partial charge is 0.419 e. The highest BCUT2D eigenvalue weighted by molar-refractivity contribution is 5.37. The minimum absolute atomic E-state index is 0.0522. The summed E-state index contributed by atoms with van der Waals surface area (Å²) >= 11 is 0. The van der Waals surface area contributed by atoms with Crippen molar-refractivity contribution in [3.8, 4) is 0 Å². The van der Waals surface area contributed by atoms with Gasteiger partial charge >= 0.3 is 6.47 Å². The molecule has 1 aromatic carbocycles. The normalized spacial score (nSPS) is 11.1. The molecule has 1 aromatic rings. The highest BCUT2D eigenvalue weighted by atomic mass is 16.7. The van der Waals surface area contributed by atoms with E-state index in [0.717, 1.165) is 6.42 Å². The van der Waals surface area contributed by atoms with Gasteiger partial charge in [-0.1, -0.05) is 30.3 Å². The van der Waals surface area contributed by atoms with Crippen LogP contribution in [0.3, 0.4) is 0 Å². The van der Waals surface area contributed by atoms with E-state index in [-0.39, 0.29) is 12.4 Å². The third-order valence-electron chi connectivity index (χ3n) is 2.04. The molecule has 0 aromatic heterocycles. The average Bonchev–Trinajstić information content (AvgIpc) is 2.18. The van der Waals surface area contributed by atoms with Gasteiger partial charge in [-0.3, -0.25) is 0 Å². The first kappa shape index (κ1) is 11.7. The van der Waals surface area contributed by atoms with Gasteiger partial charge in [0.1, 0.15) is 0 Å². The predicted octanol–water partition coefficient (Wildman–Crippen LogP) is 2.07. The summed E-state index contributed by atoms with van der Waals surface area (Å²) in [5.41, 5.74) is 0.843. The standard InChI is InChI=1S/C12H15O3/c1-12(2,15-10-14-9-13)8-11-6-4-3-5-7-11/h3-7H,8,10H2,1-2H3. The molecule has 81 valence electrons. The highest BCUT2D eigenvalue weighted by Gasteiger charge is 2.19. The predicted molar refractivity (Wildman–Crippen MR) is 57.0 cm³/mol. The largest absolute Gasteiger partial charge is 0.430 e. The van der Waals surface area contributed by atoms with E-state index in [1.807, 2.05) is 44.2 Å². The Balaban J connectivity index is 2.45. The minimum atomic E-state index is -0.349. The molecule has 15 heavy (non-hydrogen) atoms. The zero-order valence-electron chi connectivity index (χ0n) is 9.03. The fourth-order valence-electron chi connectivity index (χ4n) is 1.35. The van der Waals surface area contributed by atoms with Crippen LogP contribution in [0.5, 0.6) is 0 Å². The molecule has 0 aliphatic rings. The minimum Gasteiger partial charge on any atom is -0.430 e. The summed E-state index contributed by atoms with van der Waals surface area (Å²) in [4.78, 5) is 9.82. The van der Waals surface area contributed by atoms with Gasteiger partial charge in [0.05, 0.1) is 5.60 Å². The molecular weight excluding hydrogens is 192 g/mol. The van der Waals surface area contributed by atoms with Crippen molar-refractivity contribution in [3.05, 3.63) is 35.9 Å². The summed E-state index contributed by atoms with van der Waals surface area (Å²) in [6, 6.07) is 10.0. The lowest BCUT2D eigenvalue weighted by molar-refractivity contribution is -0.0910. The summed E-state index contributed by atoms with van der Waals surface area (Å²) in [5.74, 6) is 0. The SMILES string of the molecule is CC(C)(Cc1ccccc1)OCO[C]=O. The van der Waals surface area contributed by atoms with Crippen molar-refractivity contribution in [3.63, 3.8) is 0 Å². The third kappa shape index (κ3) is 4.61. The fourth-order valence-corrected chi connectivity index (χ4v) is 1.35. The lowest BCUT2D eigenvalue weighted by atomic mass is 9.99. The Bertz CT molecular complexity index is 293. The van der Waals surface area contributed by atoms with Crippen molar-refractivity contribution in [2.45, 2.75) is 25.9 Å². The van der Waals surface area contributed by atoms with Crippen LogP contribution < -0.4 is 0 Å². The molecule has 0 amide bonds. The first-order valence-electron chi connectivity index (χ1n) is 4.81. The Hall–Kier alpha value is -1.35. The van der Waals surface area contributed by atoms with E-state index in [0.29, 0.717) is 0 Å². The number of hydrogen-bond acceptors (Lipinski definition) is 3. The van der Waals surface area contributed by atoms with Crippen LogP contribution in [0.25, 0.3) is 0 Å². The quantitative estimate of drug-likeness (QED) is 0.529. The molecule has 0 spiro atoms. The van der Waals surface area contributed by atoms with Crippen molar-refractivity contribution in [1.82, 2.24) is 0 Å². The Kier molecular flexibility index (Phi) is 4.31. The molecule has 0 bridgehead atoms. The Labute approximate surface area is 90.0 Å². The molecule has 0 heterocycles. The third-order valence-corrected chi connectivity index (χ3v) is 2.04. The Morgan fingerprint density at radius 1 is 1.27 bits per heavy atom. The zero-order valence-corrected chi connectivity index (χ0v) is 9.03. The van der Waals surface area contributed by atoms with Crippen molar-refractivity contribution < 1.29 is 14.3 Å². The van der Waals surface area contributed by atoms with Crippen LogP contribution in [0.1, 0.15) is 19.4 Å². The van der Waals surface area contributed by atoms with Crippen LogP contribution >= 0.6 is 0 Å². The Morgan fingerprint density at radius 3 is 2.53 bits per heavy atom. The topological polar surface area (TPSA) is 35.5 Å². The molecule has 0 saturated carbocycles. The summed E-state index contributed by atoms with van der Waals surface area (Å²) < 4.78 is 9.77. The monoisotopic (exact) mass is 207 g/mol. The molecule has 1 rings (SSSR count). The van der Waals surface area contributed by atoms with Gasteiger partial charge in [0.15, 0.2) is 6.79 Å². The van der Waals surface area contributed by atoms with Crippen LogP contribution in [0, 0.1) is 0 Å². The van der Waals surface area contributed by atoms with Gasteiger partial charge in [-0.05, 0) is 19.4 Å². The molecule has 0 aliphatic carbocycles. The molecule has 0 aliphatic heterocycles. The average molecular weight is 207 g/mol. The van der Waals surface area contributed by atoms with Crippen LogP contribution in [0.4, 0.5) is 0 Å². The van der Waals surface area contributed by atoms with Crippen LogP contribution in [0.2, 0.25) is 0 Å². The number of ether oxygens (including phenoxy) is 2. The van der Waals surface area contributed by atoms with Crippen molar-refractivity contribution >= 4 is 6.47 Å². The van der Waals surface area contributed by atoms with E-state index in [9.17, 15) is 4.79 Å². The van der Waals surface area contributed by atoms with Crippen molar-refractivity contribution in [2.24, 2.45) is 0 Å². The maximum atomic E-state index is 9.82. The summed E-state index contributed by atoms with van der Waals surface area (Å²) in [6.07, 6.45) is 0.774. The van der Waals surface area contributed by atoms with E-state index >= 15 is 0 Å². The molecule has 3 nitrogen and oxygen atoms in total. The number of rotatable bonds is 6. The van der Waals surface area contributed by atoms with Crippen LogP contribution in [-0.4, -0.2) is 18.9 Å². The summed E-state index contributed by atoms with van der Waals surface area (Å²) in [6.45, 7) is 5.18. The van der Waals surface area contributed by atoms with E-state index in [1.165, 1.54) is 12.0 Å². The lowest BCUT2D eigenvalue weighted by Gasteiger charge is -2.24. The summed E-state index contributed by atoms with van der Waals surface area (Å²) in [5, 5.41) is 0. The van der Waals surface area contributed by atoms with Gasteiger partial charge in [-0.2, -0.15) is 0 Å². The molecule has 1 radical (unpaired) electrons. The maximum absolute atomic E-state index is 9.82. The molecule has 0 unspecified atom stereocenters. The molecule has 3 heteroatoms. The van der Waals surface area contributed by atoms with Crippen molar-refractivity contribution in [2.75, 3.05) is 6.79 Å².